The molecule has 0 amide bonds. The molecule has 0 radical (unpaired) electrons. The van der Waals surface area contributed by atoms with E-state index in [2.05, 4.69) is 52.9 Å². The van der Waals surface area contributed by atoms with Crippen LogP contribution in [-0.4, -0.2) is 37.2 Å². The van der Waals surface area contributed by atoms with E-state index in [1.165, 1.54) is 11.3 Å². The van der Waals surface area contributed by atoms with Crippen molar-refractivity contribution in [1.29, 1.82) is 0 Å². The molecule has 0 spiro atoms. The average Bonchev–Trinajstić information content (AvgIpc) is 2.43. The zero-order valence-corrected chi connectivity index (χ0v) is 13.7. The van der Waals surface area contributed by atoms with Gasteiger partial charge in [-0.25, -0.2) is 5.01 Å². The third-order valence-electron chi connectivity index (χ3n) is 3.97. The summed E-state index contributed by atoms with van der Waals surface area (Å²) in [6, 6.07) is 7.06. The molecule has 1 aromatic carbocycles. The van der Waals surface area contributed by atoms with Gasteiger partial charge in [0.2, 0.25) is 0 Å². The molecule has 110 valence electrons. The number of benzene rings is 1. The van der Waals surface area contributed by atoms with Crippen molar-refractivity contribution in [1.82, 2.24) is 5.01 Å². The minimum atomic E-state index is 0.341. The van der Waals surface area contributed by atoms with Crippen LogP contribution in [0.15, 0.2) is 24.8 Å². The minimum absolute atomic E-state index is 0.341. The smallest absolute Gasteiger partial charge is 0.0486 e. The lowest BCUT2D eigenvalue weighted by atomic mass is 10.1. The molecule has 1 saturated heterocycles. The van der Waals surface area contributed by atoms with Crippen LogP contribution in [0.25, 0.3) is 6.08 Å². The topological polar surface area (TPSA) is 35.7 Å². The first-order valence-corrected chi connectivity index (χ1v) is 7.49. The number of piperazine rings is 1. The Morgan fingerprint density at radius 1 is 1.35 bits per heavy atom. The van der Waals surface area contributed by atoms with Crippen LogP contribution >= 0.6 is 9.39 Å². The lowest BCUT2D eigenvalue weighted by Crippen LogP contribution is -2.59. The molecule has 1 aromatic rings. The maximum absolute atomic E-state index is 6.09. The number of rotatable bonds is 3. The number of anilines is 2. The second-order valence-corrected chi connectivity index (χ2v) is 6.35. The predicted molar refractivity (Wildman–Crippen MR) is 91.8 cm³/mol. The molecule has 4 nitrogen and oxygen atoms in total. The van der Waals surface area contributed by atoms with Gasteiger partial charge in [0, 0.05) is 49.2 Å². The molecule has 5 heteroatoms. The molecule has 0 saturated carbocycles. The van der Waals surface area contributed by atoms with Crippen molar-refractivity contribution in [2.45, 2.75) is 25.9 Å². The fraction of sp³-hybridized carbons (Fsp3) is 0.467. The van der Waals surface area contributed by atoms with E-state index in [4.69, 9.17) is 5.84 Å². The van der Waals surface area contributed by atoms with E-state index in [1.54, 1.807) is 0 Å². The average molecular weight is 292 g/mol. The summed E-state index contributed by atoms with van der Waals surface area (Å²) in [7, 11) is 4.73. The monoisotopic (exact) mass is 292 g/mol. The molecule has 1 fully saturated rings. The second-order valence-electron chi connectivity index (χ2n) is 5.58. The standard InChI is InChI=1S/C15H25N4P/c1-5-13-14(17(4)20)7-6-8-15(13)18-9-11(2)19(16)12(3)10-18/h5-8,11-12H,1,9-10,16,20H2,2-4H3. The van der Waals surface area contributed by atoms with E-state index in [9.17, 15) is 0 Å². The van der Waals surface area contributed by atoms with Crippen LogP contribution in [0.1, 0.15) is 19.4 Å². The molecular formula is C15H25N4P. The van der Waals surface area contributed by atoms with Gasteiger partial charge in [0.25, 0.3) is 0 Å². The van der Waals surface area contributed by atoms with Crippen molar-refractivity contribution in [3.63, 3.8) is 0 Å². The number of hydrogen-bond acceptors (Lipinski definition) is 4. The van der Waals surface area contributed by atoms with Gasteiger partial charge in [-0.3, -0.25) is 5.84 Å². The molecule has 1 aliphatic rings. The summed E-state index contributed by atoms with van der Waals surface area (Å²) in [6.07, 6.45) is 1.94. The van der Waals surface area contributed by atoms with Gasteiger partial charge in [-0.1, -0.05) is 18.7 Å². The SMILES string of the molecule is C=Cc1c(N(C)P)cccc1N1CC(C)N(N)C(C)C1. The van der Waals surface area contributed by atoms with Gasteiger partial charge in [0.15, 0.2) is 0 Å². The molecule has 2 N–H and O–H groups in total. The maximum atomic E-state index is 6.09. The molecule has 0 aromatic heterocycles. The van der Waals surface area contributed by atoms with E-state index < -0.39 is 0 Å². The Hall–Kier alpha value is -1.09. The van der Waals surface area contributed by atoms with Crippen molar-refractivity contribution in [2.75, 3.05) is 29.7 Å². The first-order valence-electron chi connectivity index (χ1n) is 6.97. The van der Waals surface area contributed by atoms with E-state index in [1.807, 2.05) is 22.8 Å². The highest BCUT2D eigenvalue weighted by atomic mass is 31.0. The predicted octanol–water partition coefficient (Wildman–Crippen LogP) is 2.33. The Kier molecular flexibility index (Phi) is 4.69. The summed E-state index contributed by atoms with van der Waals surface area (Å²) < 4.78 is 2.05. The molecule has 3 unspecified atom stereocenters. The lowest BCUT2D eigenvalue weighted by molar-refractivity contribution is 0.134. The van der Waals surface area contributed by atoms with Gasteiger partial charge in [-0.15, -0.1) is 0 Å². The summed E-state index contributed by atoms with van der Waals surface area (Å²) in [5, 5.41) is 1.95. The van der Waals surface area contributed by atoms with Crippen LogP contribution in [0.2, 0.25) is 0 Å². The Balaban J connectivity index is 2.38. The molecule has 1 heterocycles. The number of nitrogens with zero attached hydrogens (tertiary/aromatic N) is 3. The lowest BCUT2D eigenvalue weighted by Gasteiger charge is -2.43. The number of hydrogen-bond donors (Lipinski definition) is 1. The highest BCUT2D eigenvalue weighted by Gasteiger charge is 2.28. The Labute approximate surface area is 124 Å². The fourth-order valence-corrected chi connectivity index (χ4v) is 3.09. The quantitative estimate of drug-likeness (QED) is 0.685. The van der Waals surface area contributed by atoms with Crippen LogP contribution in [0.5, 0.6) is 0 Å². The van der Waals surface area contributed by atoms with Gasteiger partial charge >= 0.3 is 0 Å². The van der Waals surface area contributed by atoms with Crippen molar-refractivity contribution in [2.24, 2.45) is 5.84 Å². The number of hydrazine groups is 1. The summed E-state index contributed by atoms with van der Waals surface area (Å²) >= 11 is 0. The van der Waals surface area contributed by atoms with Crippen LogP contribution in [-0.2, 0) is 0 Å². The van der Waals surface area contributed by atoms with E-state index in [0.29, 0.717) is 12.1 Å². The highest BCUT2D eigenvalue weighted by molar-refractivity contribution is 7.19. The number of nitrogens with two attached hydrogens (primary N) is 1. The first kappa shape index (κ1) is 15.3. The van der Waals surface area contributed by atoms with Gasteiger partial charge in [-0.05, 0) is 35.4 Å². The minimum Gasteiger partial charge on any atom is -0.368 e. The van der Waals surface area contributed by atoms with Crippen LogP contribution in [0.3, 0.4) is 0 Å². The molecule has 0 aliphatic carbocycles. The van der Waals surface area contributed by atoms with E-state index >= 15 is 0 Å². The Bertz CT molecular complexity index is 477. The molecule has 2 rings (SSSR count). The van der Waals surface area contributed by atoms with E-state index in [0.717, 1.165) is 18.8 Å². The van der Waals surface area contributed by atoms with E-state index in [-0.39, 0.29) is 0 Å². The van der Waals surface area contributed by atoms with Crippen molar-refractivity contribution in [3.8, 4) is 0 Å². The maximum Gasteiger partial charge on any atom is 0.0486 e. The summed E-state index contributed by atoms with van der Waals surface area (Å²) in [5.41, 5.74) is 3.58. The summed E-state index contributed by atoms with van der Waals surface area (Å²) in [4.78, 5) is 2.41. The zero-order valence-electron chi connectivity index (χ0n) is 12.6. The third-order valence-corrected chi connectivity index (χ3v) is 4.25. The van der Waals surface area contributed by atoms with Crippen molar-refractivity contribution < 1.29 is 0 Å². The normalized spacial score (nSPS) is 23.8. The molecule has 20 heavy (non-hydrogen) atoms. The summed E-state index contributed by atoms with van der Waals surface area (Å²) in [6.45, 7) is 10.2. The second kappa shape index (κ2) is 6.13. The Morgan fingerprint density at radius 2 is 1.95 bits per heavy atom. The van der Waals surface area contributed by atoms with Gasteiger partial charge in [-0.2, -0.15) is 0 Å². The Morgan fingerprint density at radius 3 is 2.45 bits per heavy atom. The highest BCUT2D eigenvalue weighted by Crippen LogP contribution is 2.33. The molecular weight excluding hydrogens is 267 g/mol. The third kappa shape index (κ3) is 2.83. The fourth-order valence-electron chi connectivity index (χ4n) is 2.87. The van der Waals surface area contributed by atoms with Crippen LogP contribution in [0.4, 0.5) is 11.4 Å². The van der Waals surface area contributed by atoms with Crippen molar-refractivity contribution >= 4 is 26.8 Å². The van der Waals surface area contributed by atoms with Crippen LogP contribution < -0.4 is 15.4 Å². The zero-order chi connectivity index (χ0) is 14.9. The van der Waals surface area contributed by atoms with Crippen molar-refractivity contribution in [3.05, 3.63) is 30.3 Å². The molecule has 3 atom stereocenters. The first-order chi connectivity index (χ1) is 9.45. The van der Waals surface area contributed by atoms with Gasteiger partial charge in [0.1, 0.15) is 0 Å². The molecule has 1 aliphatic heterocycles. The van der Waals surface area contributed by atoms with Crippen LogP contribution in [0, 0.1) is 0 Å². The summed E-state index contributed by atoms with van der Waals surface area (Å²) in [5.74, 6) is 6.09. The molecule has 0 bridgehead atoms. The van der Waals surface area contributed by atoms with Gasteiger partial charge < -0.3 is 9.57 Å². The van der Waals surface area contributed by atoms with Gasteiger partial charge in [0.05, 0.1) is 0 Å². The largest absolute Gasteiger partial charge is 0.368 e.